The average Bonchev–Trinajstić information content (AvgIpc) is 2.46. The highest BCUT2D eigenvalue weighted by Crippen LogP contribution is 2.44. The van der Waals surface area contributed by atoms with Gasteiger partial charge in [-0.25, -0.2) is 4.99 Å². The lowest BCUT2D eigenvalue weighted by atomic mass is 9.98. The Morgan fingerprint density at radius 2 is 1.95 bits per heavy atom. The molecule has 1 nitrogen and oxygen atoms in total. The van der Waals surface area contributed by atoms with Crippen LogP contribution in [0.3, 0.4) is 0 Å². The fourth-order valence-corrected chi connectivity index (χ4v) is 5.81. The summed E-state index contributed by atoms with van der Waals surface area (Å²) in [5.74, 6) is 0.567. The van der Waals surface area contributed by atoms with E-state index in [9.17, 15) is 0 Å². The van der Waals surface area contributed by atoms with E-state index >= 15 is 0 Å². The maximum absolute atomic E-state index is 4.93. The van der Waals surface area contributed by atoms with E-state index in [2.05, 4.69) is 77.5 Å². The van der Waals surface area contributed by atoms with Crippen molar-refractivity contribution in [3.8, 4) is 0 Å². The predicted octanol–water partition coefficient (Wildman–Crippen LogP) is 5.39. The van der Waals surface area contributed by atoms with Gasteiger partial charge >= 0.3 is 0 Å². The third-order valence-corrected chi connectivity index (χ3v) is 7.95. The van der Waals surface area contributed by atoms with Gasteiger partial charge in [0.2, 0.25) is 0 Å². The number of nitrogens with zero attached hydrogens (tertiary/aromatic N) is 1. The molecule has 1 aliphatic heterocycles. The van der Waals surface area contributed by atoms with Crippen LogP contribution >= 0.6 is 28.9 Å². The number of hydrogen-bond acceptors (Lipinski definition) is 1. The molecule has 3 rings (SSSR count). The molecule has 19 heavy (non-hydrogen) atoms. The first-order valence-electron chi connectivity index (χ1n) is 6.56. The van der Waals surface area contributed by atoms with Gasteiger partial charge in [-0.1, -0.05) is 45.8 Å². The van der Waals surface area contributed by atoms with Crippen LogP contribution in [0.5, 0.6) is 0 Å². The van der Waals surface area contributed by atoms with Crippen LogP contribution in [0.2, 0.25) is 0 Å². The molecule has 0 radical (unpaired) electrons. The molecule has 0 N–H and O–H groups in total. The zero-order valence-corrected chi connectivity index (χ0v) is 14.0. The summed E-state index contributed by atoms with van der Waals surface area (Å²) in [7, 11) is 0.107. The van der Waals surface area contributed by atoms with Gasteiger partial charge in [0.1, 0.15) is 0 Å². The SMILES string of the molecule is CCC(C)c1cccc2c1=Nc1ccccc1S=2I. The maximum Gasteiger partial charge on any atom is 0.0810 e. The van der Waals surface area contributed by atoms with Crippen molar-refractivity contribution in [1.82, 2.24) is 0 Å². The van der Waals surface area contributed by atoms with E-state index < -0.39 is 0 Å². The fraction of sp³-hybridized carbons (Fsp3) is 0.250. The topological polar surface area (TPSA) is 12.4 Å². The first-order chi connectivity index (χ1) is 9.22. The molecule has 0 saturated heterocycles. The van der Waals surface area contributed by atoms with Crippen molar-refractivity contribution in [3.63, 3.8) is 0 Å². The van der Waals surface area contributed by atoms with E-state index in [4.69, 9.17) is 4.99 Å². The lowest BCUT2D eigenvalue weighted by Crippen LogP contribution is -2.15. The Hall–Kier alpha value is -0.680. The zero-order chi connectivity index (χ0) is 13.4. The Labute approximate surface area is 128 Å². The minimum absolute atomic E-state index is 0.107. The highest BCUT2D eigenvalue weighted by molar-refractivity contribution is 14.2. The molecule has 2 atom stereocenters. The van der Waals surface area contributed by atoms with Gasteiger partial charge in [-0.3, -0.25) is 0 Å². The second kappa shape index (κ2) is 5.37. The fourth-order valence-electron chi connectivity index (χ4n) is 2.36. The first-order valence-corrected chi connectivity index (χ1v) is 10.3. The summed E-state index contributed by atoms with van der Waals surface area (Å²) < 4.78 is 1.39. The van der Waals surface area contributed by atoms with Crippen molar-refractivity contribution in [2.24, 2.45) is 4.99 Å². The van der Waals surface area contributed by atoms with Gasteiger partial charge in [-0.2, -0.15) is 0 Å². The zero-order valence-electron chi connectivity index (χ0n) is 11.1. The van der Waals surface area contributed by atoms with E-state index in [0.29, 0.717) is 5.92 Å². The normalized spacial score (nSPS) is 18.2. The highest BCUT2D eigenvalue weighted by atomic mass is 127. The summed E-state index contributed by atoms with van der Waals surface area (Å²) in [6.07, 6.45) is 1.16. The minimum Gasteiger partial charge on any atom is -0.246 e. The van der Waals surface area contributed by atoms with Crippen LogP contribution in [0, 0.1) is 4.51 Å². The van der Waals surface area contributed by atoms with Crippen molar-refractivity contribution in [2.45, 2.75) is 31.1 Å². The third-order valence-electron chi connectivity index (χ3n) is 3.66. The Bertz CT molecular complexity index is 752. The van der Waals surface area contributed by atoms with Crippen LogP contribution in [0.25, 0.3) is 0 Å². The third kappa shape index (κ3) is 2.27. The number of benzene rings is 2. The van der Waals surface area contributed by atoms with Gasteiger partial charge in [0, 0.05) is 9.41 Å². The Kier molecular flexibility index (Phi) is 3.76. The Balaban J connectivity index is 2.38. The van der Waals surface area contributed by atoms with Crippen molar-refractivity contribution in [1.29, 1.82) is 0 Å². The van der Waals surface area contributed by atoms with Gasteiger partial charge in [0.05, 0.1) is 11.0 Å². The molecule has 0 spiro atoms. The van der Waals surface area contributed by atoms with Crippen molar-refractivity contribution >= 4 is 34.5 Å². The van der Waals surface area contributed by atoms with Crippen molar-refractivity contribution in [3.05, 3.63) is 57.9 Å². The molecule has 2 aromatic carbocycles. The molecular weight excluding hydrogens is 365 g/mol. The van der Waals surface area contributed by atoms with Gasteiger partial charge in [0.15, 0.2) is 0 Å². The molecule has 1 heterocycles. The minimum atomic E-state index is 0.107. The summed E-state index contributed by atoms with van der Waals surface area (Å²) in [6.45, 7) is 4.53. The predicted molar refractivity (Wildman–Crippen MR) is 91.1 cm³/mol. The number of rotatable bonds is 2. The summed E-state index contributed by atoms with van der Waals surface area (Å²) in [4.78, 5) is 6.29. The second-order valence-corrected chi connectivity index (χ2v) is 8.87. The van der Waals surface area contributed by atoms with Crippen LogP contribution in [0.4, 0.5) is 5.69 Å². The molecule has 0 aliphatic carbocycles. The largest absolute Gasteiger partial charge is 0.246 e. The van der Waals surface area contributed by atoms with Crippen molar-refractivity contribution < 1.29 is 0 Å². The molecular formula is C16H16INS. The molecule has 98 valence electrons. The molecule has 2 unspecified atom stereocenters. The van der Waals surface area contributed by atoms with Gasteiger partial charge in [0.25, 0.3) is 0 Å². The summed E-state index contributed by atoms with van der Waals surface area (Å²) in [6, 6.07) is 15.2. The van der Waals surface area contributed by atoms with Crippen LogP contribution in [-0.4, -0.2) is 0 Å². The smallest absolute Gasteiger partial charge is 0.0810 e. The number of hydrogen-bond donors (Lipinski definition) is 0. The van der Waals surface area contributed by atoms with Crippen LogP contribution < -0.4 is 5.36 Å². The molecule has 0 aromatic heterocycles. The van der Waals surface area contributed by atoms with E-state index in [1.807, 2.05) is 0 Å². The van der Waals surface area contributed by atoms with Gasteiger partial charge < -0.3 is 0 Å². The molecule has 0 fully saturated rings. The first kappa shape index (κ1) is 13.3. The standard InChI is InChI=1S/C16H16INS/c1-3-11(2)12-7-6-10-15-16(12)18-13-8-4-5-9-14(13)19(15)17/h4-11H,3H2,1-2H3. The van der Waals surface area contributed by atoms with Crippen molar-refractivity contribution in [2.75, 3.05) is 0 Å². The second-order valence-electron chi connectivity index (χ2n) is 4.84. The number of halogens is 1. The van der Waals surface area contributed by atoms with E-state index in [-0.39, 0.29) is 7.66 Å². The molecule has 2 aromatic rings. The lowest BCUT2D eigenvalue weighted by molar-refractivity contribution is 0.724. The van der Waals surface area contributed by atoms with Crippen LogP contribution in [0.1, 0.15) is 31.7 Å². The van der Waals surface area contributed by atoms with E-state index in [1.54, 1.807) is 0 Å². The number of para-hydroxylation sites is 2. The maximum atomic E-state index is 4.93. The molecule has 0 bridgehead atoms. The Morgan fingerprint density at radius 3 is 2.74 bits per heavy atom. The molecule has 3 heteroatoms. The molecule has 0 amide bonds. The summed E-state index contributed by atoms with van der Waals surface area (Å²) in [5.41, 5.74) is 2.53. The molecule has 1 aliphatic rings. The summed E-state index contributed by atoms with van der Waals surface area (Å²) in [5, 5.41) is 1.22. The number of fused-ring (bicyclic) bond motifs is 2. The van der Waals surface area contributed by atoms with E-state index in [0.717, 1.165) is 12.1 Å². The lowest BCUT2D eigenvalue weighted by Gasteiger charge is -2.15. The average molecular weight is 381 g/mol. The monoisotopic (exact) mass is 381 g/mol. The van der Waals surface area contributed by atoms with Crippen LogP contribution in [-0.2, 0) is 0 Å². The molecule has 0 saturated carbocycles. The summed E-state index contributed by atoms with van der Waals surface area (Å²) >= 11 is 2.56. The van der Waals surface area contributed by atoms with Gasteiger partial charge in [-0.05, 0) is 57.3 Å². The highest BCUT2D eigenvalue weighted by Gasteiger charge is 2.13. The quantitative estimate of drug-likeness (QED) is 0.488. The van der Waals surface area contributed by atoms with Crippen LogP contribution in [0.15, 0.2) is 52.4 Å². The van der Waals surface area contributed by atoms with Gasteiger partial charge in [-0.15, -0.1) is 0 Å². The van der Waals surface area contributed by atoms with E-state index in [1.165, 1.54) is 20.3 Å². The Morgan fingerprint density at radius 1 is 1.16 bits per heavy atom.